The van der Waals surface area contributed by atoms with E-state index in [1.807, 2.05) is 72.8 Å². The summed E-state index contributed by atoms with van der Waals surface area (Å²) in [5.41, 5.74) is 19.3. The van der Waals surface area contributed by atoms with Crippen molar-refractivity contribution in [2.75, 3.05) is 11.5 Å². The summed E-state index contributed by atoms with van der Waals surface area (Å²) in [4.78, 5) is 0. The number of hydrogen-bond acceptors (Lipinski definition) is 2. The third kappa shape index (κ3) is 6.33. The smallest absolute Gasteiger partial charge is 0.0316 e. The van der Waals surface area contributed by atoms with Gasteiger partial charge in [0.1, 0.15) is 0 Å². The highest BCUT2D eigenvalue weighted by molar-refractivity contribution is 5.50. The van der Waals surface area contributed by atoms with Gasteiger partial charge in [0.15, 0.2) is 0 Å². The van der Waals surface area contributed by atoms with Crippen LogP contribution in [0.5, 0.6) is 0 Å². The van der Waals surface area contributed by atoms with Gasteiger partial charge in [-0.3, -0.25) is 0 Å². The van der Waals surface area contributed by atoms with Crippen molar-refractivity contribution in [1.82, 2.24) is 0 Å². The molecule has 0 bridgehead atoms. The van der Waals surface area contributed by atoms with Crippen LogP contribution in [0.1, 0.15) is 11.1 Å². The zero-order valence-electron chi connectivity index (χ0n) is 16.3. The Morgan fingerprint density at radius 2 is 1.11 bits per heavy atom. The highest BCUT2D eigenvalue weighted by Crippen LogP contribution is 2.20. The first kappa shape index (κ1) is 20.8. The van der Waals surface area contributed by atoms with Crippen LogP contribution in [0.2, 0.25) is 0 Å². The van der Waals surface area contributed by atoms with Gasteiger partial charge < -0.3 is 11.5 Å². The normalized spacial score (nSPS) is 11.7. The molecule has 0 radical (unpaired) electrons. The number of rotatable bonds is 9. The molecule has 0 heterocycles. The van der Waals surface area contributed by atoms with E-state index in [1.165, 1.54) is 0 Å². The zero-order chi connectivity index (χ0) is 20.5. The van der Waals surface area contributed by atoms with Crippen molar-refractivity contribution in [3.8, 4) is 0 Å². The first-order chi connectivity index (χ1) is 13.4. The van der Waals surface area contributed by atoms with Crippen LogP contribution in [-0.2, 0) is 12.8 Å². The van der Waals surface area contributed by atoms with E-state index in [2.05, 4.69) is 26.3 Å². The minimum absolute atomic E-state index is 0.738. The van der Waals surface area contributed by atoms with Crippen LogP contribution in [0.25, 0.3) is 0 Å². The van der Waals surface area contributed by atoms with Gasteiger partial charge in [0.2, 0.25) is 0 Å². The monoisotopic (exact) mass is 368 g/mol. The van der Waals surface area contributed by atoms with Gasteiger partial charge in [0.05, 0.1) is 0 Å². The van der Waals surface area contributed by atoms with Crippen molar-refractivity contribution in [3.63, 3.8) is 0 Å². The first-order valence-corrected chi connectivity index (χ1v) is 9.14. The van der Waals surface area contributed by atoms with E-state index in [4.69, 9.17) is 11.5 Å². The Bertz CT molecular complexity index is 878. The molecule has 2 aromatic rings. The van der Waals surface area contributed by atoms with Crippen LogP contribution < -0.4 is 11.5 Å². The fraction of sp³-hybridized carbons (Fsp3) is 0.0769. The van der Waals surface area contributed by atoms with Gasteiger partial charge in [-0.25, -0.2) is 0 Å². The van der Waals surface area contributed by atoms with E-state index >= 15 is 0 Å². The van der Waals surface area contributed by atoms with Crippen LogP contribution in [0, 0.1) is 0 Å². The fourth-order valence-corrected chi connectivity index (χ4v) is 2.87. The van der Waals surface area contributed by atoms with Crippen LogP contribution in [0.15, 0.2) is 121 Å². The molecule has 0 saturated heterocycles. The molecule has 0 atom stereocenters. The minimum Gasteiger partial charge on any atom is -0.399 e. The number of anilines is 2. The summed E-state index contributed by atoms with van der Waals surface area (Å²) in [6.07, 6.45) is 9.18. The largest absolute Gasteiger partial charge is 0.399 e. The third-order valence-electron chi connectivity index (χ3n) is 4.37. The molecule has 0 aliphatic heterocycles. The van der Waals surface area contributed by atoms with Gasteiger partial charge in [0.25, 0.3) is 0 Å². The first-order valence-electron chi connectivity index (χ1n) is 9.14. The molecule has 0 aliphatic rings. The summed E-state index contributed by atoms with van der Waals surface area (Å²) < 4.78 is 0. The van der Waals surface area contributed by atoms with Gasteiger partial charge in [-0.2, -0.15) is 0 Å². The molecule has 2 aromatic carbocycles. The molecule has 0 aromatic heterocycles. The van der Waals surface area contributed by atoms with Crippen LogP contribution >= 0.6 is 0 Å². The number of nitrogens with two attached hydrogens (primary N) is 2. The summed E-state index contributed by atoms with van der Waals surface area (Å²) >= 11 is 0. The topological polar surface area (TPSA) is 52.0 Å². The maximum Gasteiger partial charge on any atom is 0.0316 e. The Hall–Kier alpha value is -3.52. The lowest BCUT2D eigenvalue weighted by Gasteiger charge is -2.08. The Kier molecular flexibility index (Phi) is 7.41. The third-order valence-corrected chi connectivity index (χ3v) is 4.37. The Morgan fingerprint density at radius 3 is 1.43 bits per heavy atom. The Morgan fingerprint density at radius 1 is 0.714 bits per heavy atom. The van der Waals surface area contributed by atoms with Gasteiger partial charge in [-0.1, -0.05) is 74.9 Å². The van der Waals surface area contributed by atoms with Crippen molar-refractivity contribution in [1.29, 1.82) is 0 Å². The molecule has 0 spiro atoms. The summed E-state index contributed by atoms with van der Waals surface area (Å²) in [5, 5.41) is 0. The molecule has 28 heavy (non-hydrogen) atoms. The average molecular weight is 369 g/mol. The van der Waals surface area contributed by atoms with Crippen LogP contribution in [0.4, 0.5) is 11.4 Å². The van der Waals surface area contributed by atoms with E-state index in [9.17, 15) is 0 Å². The molecule has 0 fully saturated rings. The maximum absolute atomic E-state index is 5.87. The molecular formula is C26H28N2. The van der Waals surface area contributed by atoms with E-state index in [0.717, 1.165) is 57.6 Å². The van der Waals surface area contributed by atoms with Gasteiger partial charge in [-0.05, 0) is 70.5 Å². The number of benzene rings is 2. The fourth-order valence-electron chi connectivity index (χ4n) is 2.87. The molecule has 0 saturated carbocycles. The van der Waals surface area contributed by atoms with Crippen LogP contribution in [-0.4, -0.2) is 0 Å². The van der Waals surface area contributed by atoms with Gasteiger partial charge in [0, 0.05) is 11.4 Å². The molecule has 142 valence electrons. The second-order valence-electron chi connectivity index (χ2n) is 6.74. The zero-order valence-corrected chi connectivity index (χ0v) is 16.3. The predicted octanol–water partition coefficient (Wildman–Crippen LogP) is 5.97. The maximum atomic E-state index is 5.87. The summed E-state index contributed by atoms with van der Waals surface area (Å²) in [7, 11) is 0. The average Bonchev–Trinajstić information content (AvgIpc) is 2.66. The second-order valence-corrected chi connectivity index (χ2v) is 6.74. The predicted molar refractivity (Wildman–Crippen MR) is 124 cm³/mol. The lowest BCUT2D eigenvalue weighted by molar-refractivity contribution is 1.19. The molecule has 0 unspecified atom stereocenters. The standard InChI is InChI=1S/C26H28N2/c1-5-21(15-23-9-7-11-25(27)17-23)13-19(3)20(4)14-22(6-2)16-24-10-8-12-26(28)18-24/h5-14,17-18H,1-4,15-16,27-28H2/b21-13+,22-14+. The number of allylic oxidation sites excluding steroid dienone is 8. The molecule has 4 N–H and O–H groups in total. The minimum atomic E-state index is 0.738. The number of hydrogen-bond donors (Lipinski definition) is 2. The van der Waals surface area contributed by atoms with Crippen molar-refractivity contribution < 1.29 is 0 Å². The summed E-state index contributed by atoms with van der Waals surface area (Å²) in [6, 6.07) is 15.7. The van der Waals surface area contributed by atoms with Crippen molar-refractivity contribution >= 4 is 11.4 Å². The van der Waals surface area contributed by atoms with Crippen LogP contribution in [0.3, 0.4) is 0 Å². The SMILES string of the molecule is C=C/C(=C\C(=C)C(=C)/C=C(\C=C)Cc1cccc(N)c1)Cc1cccc(N)c1. The lowest BCUT2D eigenvalue weighted by atomic mass is 9.97. The van der Waals surface area contributed by atoms with Gasteiger partial charge in [-0.15, -0.1) is 0 Å². The highest BCUT2D eigenvalue weighted by atomic mass is 14.5. The van der Waals surface area contributed by atoms with Crippen molar-refractivity contribution in [2.45, 2.75) is 12.8 Å². The Balaban J connectivity index is 2.12. The molecule has 2 rings (SSSR count). The molecular weight excluding hydrogens is 340 g/mol. The quantitative estimate of drug-likeness (QED) is 0.423. The molecule has 2 nitrogen and oxygen atoms in total. The summed E-state index contributed by atoms with van der Waals surface area (Å²) in [5.74, 6) is 0. The van der Waals surface area contributed by atoms with Crippen molar-refractivity contribution in [3.05, 3.63) is 133 Å². The number of nitrogen functional groups attached to an aromatic ring is 2. The summed E-state index contributed by atoms with van der Waals surface area (Å²) in [6.45, 7) is 16.2. The molecule has 2 heteroatoms. The highest BCUT2D eigenvalue weighted by Gasteiger charge is 2.03. The van der Waals surface area contributed by atoms with E-state index in [0.29, 0.717) is 0 Å². The lowest BCUT2D eigenvalue weighted by Crippen LogP contribution is -1.94. The van der Waals surface area contributed by atoms with E-state index < -0.39 is 0 Å². The molecule has 0 aliphatic carbocycles. The van der Waals surface area contributed by atoms with E-state index in [-0.39, 0.29) is 0 Å². The van der Waals surface area contributed by atoms with Gasteiger partial charge >= 0.3 is 0 Å². The molecule has 0 amide bonds. The second kappa shape index (κ2) is 9.98. The Labute approximate surface area is 168 Å². The van der Waals surface area contributed by atoms with E-state index in [1.54, 1.807) is 0 Å². The van der Waals surface area contributed by atoms with Crippen molar-refractivity contribution in [2.24, 2.45) is 0 Å².